The first-order chi connectivity index (χ1) is 8.61. The maximum absolute atomic E-state index is 9.60. The molecule has 0 spiro atoms. The van der Waals surface area contributed by atoms with E-state index in [1.807, 2.05) is 36.4 Å². The van der Waals surface area contributed by atoms with Crippen molar-refractivity contribution < 1.29 is 9.90 Å². The predicted octanol–water partition coefficient (Wildman–Crippen LogP) is 2.79. The lowest BCUT2D eigenvalue weighted by Gasteiger charge is -1.96. The number of hydrogen-bond donors (Lipinski definition) is 1. The number of carbonyl (C=O) groups is 1. The molecule has 0 aromatic carbocycles. The Morgan fingerprint density at radius 2 is 1.44 bits per heavy atom. The number of carboxylic acids is 1. The van der Waals surface area contributed by atoms with Crippen molar-refractivity contribution in [1.82, 2.24) is 9.97 Å². The summed E-state index contributed by atoms with van der Waals surface area (Å²) in [6.07, 6.45) is 3.54. The van der Waals surface area contributed by atoms with Crippen molar-refractivity contribution in [2.75, 3.05) is 0 Å². The van der Waals surface area contributed by atoms with Gasteiger partial charge >= 0.3 is 5.97 Å². The monoisotopic (exact) mass is 242 g/mol. The summed E-state index contributed by atoms with van der Waals surface area (Å²) in [5.41, 5.74) is 2.01. The van der Waals surface area contributed by atoms with Crippen LogP contribution in [0.4, 0.5) is 0 Å². The molecule has 2 rings (SSSR count). The first-order valence-electron chi connectivity index (χ1n) is 5.32. The Bertz CT molecular complexity index is 460. The van der Waals surface area contributed by atoms with E-state index in [0.29, 0.717) is 0 Å². The van der Waals surface area contributed by atoms with E-state index in [1.165, 1.54) is 6.92 Å². The minimum atomic E-state index is -0.935. The molecule has 92 valence electrons. The molecule has 0 unspecified atom stereocenters. The molecule has 0 radical (unpaired) electrons. The van der Waals surface area contributed by atoms with Crippen molar-refractivity contribution in [2.24, 2.45) is 0 Å². The second-order valence-electron chi connectivity index (χ2n) is 3.52. The molecule has 1 N–H and O–H groups in total. The van der Waals surface area contributed by atoms with E-state index in [9.17, 15) is 4.79 Å². The molecule has 0 saturated carbocycles. The minimum Gasteiger partial charge on any atom is -0.478 e. The van der Waals surface area contributed by atoms with Crippen LogP contribution in [0.25, 0.3) is 11.4 Å². The standard InChI is InChI=1S/C10H8N2.C4H6O2/c1-3-7-11-9(5-1)10-6-2-4-8-12-10;1-3(2)4(5)6/h1-8H;1H2,2H3,(H,5,6). The summed E-state index contributed by atoms with van der Waals surface area (Å²) in [5.74, 6) is -0.935. The number of nitrogens with zero attached hydrogens (tertiary/aromatic N) is 2. The normalized spacial score (nSPS) is 8.94. The molecule has 0 aliphatic rings. The van der Waals surface area contributed by atoms with Gasteiger partial charge in [0, 0.05) is 18.0 Å². The number of aromatic nitrogens is 2. The highest BCUT2D eigenvalue weighted by atomic mass is 16.4. The van der Waals surface area contributed by atoms with E-state index in [-0.39, 0.29) is 5.57 Å². The van der Waals surface area contributed by atoms with Crippen molar-refractivity contribution in [2.45, 2.75) is 6.92 Å². The molecular weight excluding hydrogens is 228 g/mol. The highest BCUT2D eigenvalue weighted by Gasteiger charge is 1.95. The first-order valence-corrected chi connectivity index (χ1v) is 5.32. The summed E-state index contributed by atoms with van der Waals surface area (Å²) in [5, 5.41) is 7.89. The average Bonchev–Trinajstić information content (AvgIpc) is 2.41. The number of aliphatic carboxylic acids is 1. The van der Waals surface area contributed by atoms with E-state index in [2.05, 4.69) is 16.5 Å². The van der Waals surface area contributed by atoms with Gasteiger partial charge in [-0.3, -0.25) is 9.97 Å². The second-order valence-corrected chi connectivity index (χ2v) is 3.52. The summed E-state index contributed by atoms with van der Waals surface area (Å²) in [6, 6.07) is 11.6. The third kappa shape index (κ3) is 4.57. The van der Waals surface area contributed by atoms with Crippen molar-refractivity contribution in [3.63, 3.8) is 0 Å². The Morgan fingerprint density at radius 3 is 1.67 bits per heavy atom. The van der Waals surface area contributed by atoms with Gasteiger partial charge in [0.05, 0.1) is 11.4 Å². The average molecular weight is 242 g/mol. The van der Waals surface area contributed by atoms with Gasteiger partial charge in [0.25, 0.3) is 0 Å². The van der Waals surface area contributed by atoms with Crippen LogP contribution >= 0.6 is 0 Å². The van der Waals surface area contributed by atoms with Gasteiger partial charge in [-0.25, -0.2) is 4.79 Å². The van der Waals surface area contributed by atoms with Gasteiger partial charge < -0.3 is 5.11 Å². The fourth-order valence-corrected chi connectivity index (χ4v) is 1.03. The zero-order valence-electron chi connectivity index (χ0n) is 10.1. The molecule has 4 heteroatoms. The molecule has 0 aliphatic heterocycles. The van der Waals surface area contributed by atoms with Crippen LogP contribution in [0.2, 0.25) is 0 Å². The van der Waals surface area contributed by atoms with Crippen LogP contribution in [0.5, 0.6) is 0 Å². The van der Waals surface area contributed by atoms with E-state index in [0.717, 1.165) is 11.4 Å². The summed E-state index contributed by atoms with van der Waals surface area (Å²) in [4.78, 5) is 18.0. The van der Waals surface area contributed by atoms with Gasteiger partial charge in [0.1, 0.15) is 0 Å². The third-order valence-corrected chi connectivity index (χ3v) is 1.96. The lowest BCUT2D eigenvalue weighted by molar-refractivity contribution is -0.132. The molecule has 2 aromatic rings. The van der Waals surface area contributed by atoms with Crippen LogP contribution in [0.1, 0.15) is 6.92 Å². The summed E-state index contributed by atoms with van der Waals surface area (Å²) in [7, 11) is 0. The molecule has 0 bridgehead atoms. The van der Waals surface area contributed by atoms with E-state index >= 15 is 0 Å². The molecule has 2 heterocycles. The summed E-state index contributed by atoms with van der Waals surface area (Å²) >= 11 is 0. The maximum Gasteiger partial charge on any atom is 0.330 e. The SMILES string of the molecule is C=C(C)C(=O)O.c1ccc(-c2ccccn2)nc1. The lowest BCUT2D eigenvalue weighted by atomic mass is 10.2. The van der Waals surface area contributed by atoms with Gasteiger partial charge in [-0.2, -0.15) is 0 Å². The van der Waals surface area contributed by atoms with E-state index in [1.54, 1.807) is 12.4 Å². The number of pyridine rings is 2. The molecule has 0 aliphatic carbocycles. The van der Waals surface area contributed by atoms with Crippen LogP contribution in [0, 0.1) is 0 Å². The Kier molecular flexibility index (Phi) is 5.25. The summed E-state index contributed by atoms with van der Waals surface area (Å²) < 4.78 is 0. The fraction of sp³-hybridized carbons (Fsp3) is 0.0714. The quantitative estimate of drug-likeness (QED) is 0.822. The van der Waals surface area contributed by atoms with Crippen LogP contribution in [-0.2, 0) is 4.79 Å². The molecule has 18 heavy (non-hydrogen) atoms. The van der Waals surface area contributed by atoms with Crippen LogP contribution < -0.4 is 0 Å². The molecule has 4 nitrogen and oxygen atoms in total. The Morgan fingerprint density at radius 1 is 1.06 bits per heavy atom. The van der Waals surface area contributed by atoms with Gasteiger partial charge in [-0.1, -0.05) is 18.7 Å². The Hall–Kier alpha value is -2.49. The van der Waals surface area contributed by atoms with E-state index < -0.39 is 5.97 Å². The van der Waals surface area contributed by atoms with Gasteiger partial charge in [0.15, 0.2) is 0 Å². The topological polar surface area (TPSA) is 63.1 Å². The predicted molar refractivity (Wildman–Crippen MR) is 69.9 cm³/mol. The highest BCUT2D eigenvalue weighted by Crippen LogP contribution is 2.10. The smallest absolute Gasteiger partial charge is 0.330 e. The van der Waals surface area contributed by atoms with Crippen LogP contribution in [0.3, 0.4) is 0 Å². The van der Waals surface area contributed by atoms with Crippen molar-refractivity contribution >= 4 is 5.97 Å². The molecule has 0 fully saturated rings. The van der Waals surface area contributed by atoms with Crippen LogP contribution in [0.15, 0.2) is 60.9 Å². The number of carboxylic acid groups (broad SMARTS) is 1. The molecule has 0 atom stereocenters. The van der Waals surface area contributed by atoms with Crippen molar-refractivity contribution in [1.29, 1.82) is 0 Å². The zero-order valence-corrected chi connectivity index (χ0v) is 10.1. The molecule has 2 aromatic heterocycles. The van der Waals surface area contributed by atoms with Gasteiger partial charge in [0.2, 0.25) is 0 Å². The van der Waals surface area contributed by atoms with E-state index in [4.69, 9.17) is 5.11 Å². The number of hydrogen-bond acceptors (Lipinski definition) is 3. The fourth-order valence-electron chi connectivity index (χ4n) is 1.03. The lowest BCUT2D eigenvalue weighted by Crippen LogP contribution is -1.92. The number of rotatable bonds is 2. The third-order valence-electron chi connectivity index (χ3n) is 1.96. The highest BCUT2D eigenvalue weighted by molar-refractivity contribution is 5.84. The zero-order chi connectivity index (χ0) is 13.4. The van der Waals surface area contributed by atoms with Crippen molar-refractivity contribution in [3.8, 4) is 11.4 Å². The molecule has 0 saturated heterocycles. The van der Waals surface area contributed by atoms with Crippen molar-refractivity contribution in [3.05, 3.63) is 60.9 Å². The maximum atomic E-state index is 9.60. The molecular formula is C14H14N2O2. The summed E-state index contributed by atoms with van der Waals surface area (Å²) in [6.45, 7) is 4.60. The largest absolute Gasteiger partial charge is 0.478 e. The molecule has 0 amide bonds. The van der Waals surface area contributed by atoms with Crippen LogP contribution in [-0.4, -0.2) is 21.0 Å². The minimum absolute atomic E-state index is 0.176. The second kappa shape index (κ2) is 6.96. The Balaban J connectivity index is 0.000000232. The van der Waals surface area contributed by atoms with Gasteiger partial charge in [-0.15, -0.1) is 0 Å². The van der Waals surface area contributed by atoms with Gasteiger partial charge in [-0.05, 0) is 31.2 Å². The first kappa shape index (κ1) is 13.6. The Labute approximate surface area is 106 Å².